The standard InChI is InChI=1S/C20H12FNO2/c21-15-8-3-5-13(11-15)12-18-20(23)24-19(22-18)17-10-4-7-14-6-1-2-9-16(14)17/h1-12H. The van der Waals surface area contributed by atoms with Crippen molar-refractivity contribution in [2.24, 2.45) is 4.99 Å². The zero-order valence-electron chi connectivity index (χ0n) is 12.6. The molecule has 4 heteroatoms. The Morgan fingerprint density at radius 3 is 2.62 bits per heavy atom. The average molecular weight is 317 g/mol. The van der Waals surface area contributed by atoms with E-state index in [1.807, 2.05) is 42.5 Å². The molecule has 0 atom stereocenters. The zero-order chi connectivity index (χ0) is 16.5. The summed E-state index contributed by atoms with van der Waals surface area (Å²) >= 11 is 0. The summed E-state index contributed by atoms with van der Waals surface area (Å²) in [4.78, 5) is 16.4. The summed E-state index contributed by atoms with van der Waals surface area (Å²) in [5.74, 6) is -0.643. The van der Waals surface area contributed by atoms with Crippen molar-refractivity contribution in [2.45, 2.75) is 0 Å². The molecule has 0 aliphatic carbocycles. The number of carbonyl (C=O) groups is 1. The van der Waals surface area contributed by atoms with E-state index in [9.17, 15) is 9.18 Å². The highest BCUT2D eigenvalue weighted by Crippen LogP contribution is 2.24. The highest BCUT2D eigenvalue weighted by atomic mass is 19.1. The van der Waals surface area contributed by atoms with Crippen LogP contribution in [0.15, 0.2) is 77.4 Å². The second-order valence-electron chi connectivity index (χ2n) is 5.42. The highest BCUT2D eigenvalue weighted by molar-refractivity contribution is 6.17. The van der Waals surface area contributed by atoms with E-state index in [2.05, 4.69) is 4.99 Å². The minimum atomic E-state index is -0.540. The Kier molecular flexibility index (Phi) is 3.43. The number of esters is 1. The monoisotopic (exact) mass is 317 g/mol. The zero-order valence-corrected chi connectivity index (χ0v) is 12.6. The Bertz CT molecular complexity index is 1020. The second kappa shape index (κ2) is 5.74. The van der Waals surface area contributed by atoms with Gasteiger partial charge < -0.3 is 4.74 Å². The number of ether oxygens (including phenoxy) is 1. The van der Waals surface area contributed by atoms with Gasteiger partial charge in [0.15, 0.2) is 5.70 Å². The maximum Gasteiger partial charge on any atom is 0.363 e. The summed E-state index contributed by atoms with van der Waals surface area (Å²) in [7, 11) is 0. The third-order valence-electron chi connectivity index (χ3n) is 3.79. The van der Waals surface area contributed by atoms with Crippen molar-refractivity contribution in [3.05, 3.63) is 89.4 Å². The van der Waals surface area contributed by atoms with Crippen molar-refractivity contribution >= 4 is 28.7 Å². The minimum absolute atomic E-state index is 0.156. The molecule has 0 unspecified atom stereocenters. The number of rotatable bonds is 2. The predicted octanol–water partition coefficient (Wildman–Crippen LogP) is 4.32. The normalized spacial score (nSPS) is 15.6. The third-order valence-corrected chi connectivity index (χ3v) is 3.79. The SMILES string of the molecule is O=C1OC(c2cccc3ccccc23)=NC1=Cc1cccc(F)c1. The van der Waals surface area contributed by atoms with E-state index in [1.54, 1.807) is 12.1 Å². The lowest BCUT2D eigenvalue weighted by Gasteiger charge is -2.04. The largest absolute Gasteiger partial charge is 0.402 e. The summed E-state index contributed by atoms with van der Waals surface area (Å²) in [6.45, 7) is 0. The molecule has 1 aliphatic rings. The smallest absolute Gasteiger partial charge is 0.363 e. The lowest BCUT2D eigenvalue weighted by atomic mass is 10.0. The Morgan fingerprint density at radius 1 is 0.958 bits per heavy atom. The minimum Gasteiger partial charge on any atom is -0.402 e. The van der Waals surface area contributed by atoms with Crippen molar-refractivity contribution in [3.8, 4) is 0 Å². The average Bonchev–Trinajstić information content (AvgIpc) is 2.95. The van der Waals surface area contributed by atoms with Gasteiger partial charge >= 0.3 is 5.97 Å². The molecular formula is C20H12FNO2. The lowest BCUT2D eigenvalue weighted by molar-refractivity contribution is -0.129. The van der Waals surface area contributed by atoms with Crippen molar-refractivity contribution in [1.29, 1.82) is 0 Å². The van der Waals surface area contributed by atoms with E-state index < -0.39 is 5.97 Å². The molecular weight excluding hydrogens is 305 g/mol. The fourth-order valence-electron chi connectivity index (χ4n) is 2.69. The van der Waals surface area contributed by atoms with Crippen LogP contribution >= 0.6 is 0 Å². The van der Waals surface area contributed by atoms with Crippen LogP contribution in [0.5, 0.6) is 0 Å². The molecule has 0 saturated heterocycles. The molecule has 3 aromatic rings. The van der Waals surface area contributed by atoms with Gasteiger partial charge in [0.2, 0.25) is 5.90 Å². The van der Waals surface area contributed by atoms with Crippen molar-refractivity contribution < 1.29 is 13.9 Å². The number of cyclic esters (lactones) is 1. The first kappa shape index (κ1) is 14.3. The van der Waals surface area contributed by atoms with Crippen molar-refractivity contribution in [1.82, 2.24) is 0 Å². The Labute approximate surface area is 137 Å². The maximum absolute atomic E-state index is 13.3. The molecule has 4 rings (SSSR count). The first-order valence-corrected chi connectivity index (χ1v) is 7.47. The quantitative estimate of drug-likeness (QED) is 0.521. The number of benzene rings is 3. The highest BCUT2D eigenvalue weighted by Gasteiger charge is 2.25. The van der Waals surface area contributed by atoms with Gasteiger partial charge in [-0.2, -0.15) is 0 Å². The molecule has 1 heterocycles. The van der Waals surface area contributed by atoms with Gasteiger partial charge in [-0.3, -0.25) is 0 Å². The first-order valence-electron chi connectivity index (χ1n) is 7.47. The number of hydrogen-bond acceptors (Lipinski definition) is 3. The summed E-state index contributed by atoms with van der Waals surface area (Å²) in [5.41, 5.74) is 1.47. The molecule has 0 spiro atoms. The van der Waals surface area contributed by atoms with Gasteiger partial charge in [-0.05, 0) is 40.6 Å². The molecule has 0 aromatic heterocycles. The topological polar surface area (TPSA) is 38.7 Å². The first-order chi connectivity index (χ1) is 11.7. The molecule has 0 amide bonds. The fourth-order valence-corrected chi connectivity index (χ4v) is 2.69. The summed E-state index contributed by atoms with van der Waals surface area (Å²) in [6, 6.07) is 19.5. The van der Waals surface area contributed by atoms with E-state index in [0.29, 0.717) is 5.56 Å². The molecule has 116 valence electrons. The number of aliphatic imine (C=N–C) groups is 1. The van der Waals surface area contributed by atoms with Gasteiger partial charge in [0.1, 0.15) is 5.82 Å². The van der Waals surface area contributed by atoms with E-state index in [0.717, 1.165) is 16.3 Å². The Morgan fingerprint density at radius 2 is 1.75 bits per heavy atom. The van der Waals surface area contributed by atoms with Crippen LogP contribution in [-0.4, -0.2) is 11.9 Å². The number of hydrogen-bond donors (Lipinski definition) is 0. The van der Waals surface area contributed by atoms with Crippen LogP contribution in [0.4, 0.5) is 4.39 Å². The molecule has 0 N–H and O–H groups in total. The van der Waals surface area contributed by atoms with Gasteiger partial charge in [-0.25, -0.2) is 14.2 Å². The molecule has 0 fully saturated rings. The Balaban J connectivity index is 1.78. The molecule has 0 bridgehead atoms. The summed E-state index contributed by atoms with van der Waals surface area (Å²) in [6.07, 6.45) is 1.52. The third kappa shape index (κ3) is 2.58. The van der Waals surface area contributed by atoms with Crippen LogP contribution in [-0.2, 0) is 9.53 Å². The van der Waals surface area contributed by atoms with Gasteiger partial charge in [-0.1, -0.05) is 48.5 Å². The molecule has 3 aromatic carbocycles. The van der Waals surface area contributed by atoms with Gasteiger partial charge in [0.25, 0.3) is 0 Å². The van der Waals surface area contributed by atoms with Crippen LogP contribution in [0.3, 0.4) is 0 Å². The Hall–Kier alpha value is -3.27. The van der Waals surface area contributed by atoms with Crippen LogP contribution in [0.25, 0.3) is 16.8 Å². The second-order valence-corrected chi connectivity index (χ2v) is 5.42. The molecule has 0 radical (unpaired) electrons. The summed E-state index contributed by atoms with van der Waals surface area (Å²) < 4.78 is 18.6. The number of halogens is 1. The van der Waals surface area contributed by atoms with Crippen LogP contribution in [0, 0.1) is 5.82 Å². The number of nitrogens with zero attached hydrogens (tertiary/aromatic N) is 1. The van der Waals surface area contributed by atoms with Crippen molar-refractivity contribution in [3.63, 3.8) is 0 Å². The maximum atomic E-state index is 13.3. The lowest BCUT2D eigenvalue weighted by Crippen LogP contribution is -2.05. The van der Waals surface area contributed by atoms with Gasteiger partial charge in [0.05, 0.1) is 0 Å². The van der Waals surface area contributed by atoms with Crippen LogP contribution in [0.1, 0.15) is 11.1 Å². The number of carbonyl (C=O) groups excluding carboxylic acids is 1. The molecule has 1 aliphatic heterocycles. The predicted molar refractivity (Wildman–Crippen MR) is 91.0 cm³/mol. The molecule has 0 saturated carbocycles. The van der Waals surface area contributed by atoms with E-state index in [-0.39, 0.29) is 17.4 Å². The van der Waals surface area contributed by atoms with Gasteiger partial charge in [-0.15, -0.1) is 0 Å². The van der Waals surface area contributed by atoms with E-state index >= 15 is 0 Å². The fraction of sp³-hybridized carbons (Fsp3) is 0. The van der Waals surface area contributed by atoms with Gasteiger partial charge in [0, 0.05) is 5.56 Å². The number of fused-ring (bicyclic) bond motifs is 1. The van der Waals surface area contributed by atoms with E-state index in [1.165, 1.54) is 18.2 Å². The molecule has 24 heavy (non-hydrogen) atoms. The van der Waals surface area contributed by atoms with Crippen LogP contribution in [0.2, 0.25) is 0 Å². The van der Waals surface area contributed by atoms with Crippen LogP contribution < -0.4 is 0 Å². The molecule has 3 nitrogen and oxygen atoms in total. The van der Waals surface area contributed by atoms with E-state index in [4.69, 9.17) is 4.74 Å². The summed E-state index contributed by atoms with van der Waals surface area (Å²) in [5, 5.41) is 2.00. The van der Waals surface area contributed by atoms with Crippen molar-refractivity contribution in [2.75, 3.05) is 0 Å².